The SMILES string of the molecule is CC(C)(C)C1=C([Se]c2ccccc2)C(C(C)(C)C)OP1(=O)O. The van der Waals surface area contributed by atoms with Crippen LogP contribution in [0, 0.1) is 10.8 Å². The van der Waals surface area contributed by atoms with E-state index in [1.54, 1.807) is 0 Å². The summed E-state index contributed by atoms with van der Waals surface area (Å²) >= 11 is -0.0172. The van der Waals surface area contributed by atoms with Crippen molar-refractivity contribution in [2.24, 2.45) is 10.8 Å². The van der Waals surface area contributed by atoms with Crippen LogP contribution in [0.15, 0.2) is 40.1 Å². The minimum absolute atomic E-state index is 0.0172. The zero-order valence-corrected chi connectivity index (χ0v) is 16.7. The van der Waals surface area contributed by atoms with Gasteiger partial charge in [0.2, 0.25) is 0 Å². The summed E-state index contributed by atoms with van der Waals surface area (Å²) in [6, 6.07) is 10.2. The van der Waals surface area contributed by atoms with Crippen LogP contribution < -0.4 is 4.46 Å². The average Bonchev–Trinajstić information content (AvgIpc) is 2.61. The molecule has 3 nitrogen and oxygen atoms in total. The standard InChI is InChI=1S/C17H25O3PSe/c1-16(2,3)14-13(22-12-10-8-7-9-11-12)15(17(4,5)6)21(18,19)20-14/h7-11,14H,1-6H3,(H,18,19). The monoisotopic (exact) mass is 388 g/mol. The summed E-state index contributed by atoms with van der Waals surface area (Å²) in [5.74, 6) is 0. The molecule has 1 aromatic carbocycles. The number of rotatable bonds is 2. The van der Waals surface area contributed by atoms with E-state index < -0.39 is 7.60 Å². The van der Waals surface area contributed by atoms with Gasteiger partial charge in [0, 0.05) is 0 Å². The fraction of sp³-hybridized carbons (Fsp3) is 0.529. The Bertz CT molecular complexity index is 624. The second kappa shape index (κ2) is 5.92. The first-order valence-corrected chi connectivity index (χ1v) is 10.7. The van der Waals surface area contributed by atoms with Crippen molar-refractivity contribution in [3.8, 4) is 0 Å². The molecule has 1 N–H and O–H groups in total. The normalized spacial score (nSPS) is 26.6. The van der Waals surface area contributed by atoms with Crippen LogP contribution in [0.25, 0.3) is 0 Å². The van der Waals surface area contributed by atoms with Crippen molar-refractivity contribution in [1.82, 2.24) is 0 Å². The Balaban J connectivity index is 2.58. The predicted molar refractivity (Wildman–Crippen MR) is 92.5 cm³/mol. The van der Waals surface area contributed by atoms with E-state index in [1.807, 2.05) is 39.0 Å². The number of benzene rings is 1. The number of hydrogen-bond acceptors (Lipinski definition) is 2. The van der Waals surface area contributed by atoms with Gasteiger partial charge in [0.1, 0.15) is 0 Å². The third-order valence-corrected chi connectivity index (χ3v) is 8.19. The Kier molecular flexibility index (Phi) is 4.84. The van der Waals surface area contributed by atoms with E-state index in [4.69, 9.17) is 4.52 Å². The summed E-state index contributed by atoms with van der Waals surface area (Å²) in [4.78, 5) is 10.5. The molecule has 0 aromatic heterocycles. The minimum atomic E-state index is -3.73. The number of hydrogen-bond donors (Lipinski definition) is 1. The first-order chi connectivity index (χ1) is 9.93. The van der Waals surface area contributed by atoms with E-state index >= 15 is 0 Å². The maximum absolute atomic E-state index is 12.7. The Morgan fingerprint density at radius 3 is 2.09 bits per heavy atom. The fourth-order valence-electron chi connectivity index (χ4n) is 2.57. The number of allylic oxidation sites excluding steroid dienone is 1. The molecular weight excluding hydrogens is 362 g/mol. The Hall–Kier alpha value is -0.371. The molecule has 22 heavy (non-hydrogen) atoms. The van der Waals surface area contributed by atoms with Gasteiger partial charge in [0.25, 0.3) is 0 Å². The molecule has 0 bridgehead atoms. The zero-order chi connectivity index (χ0) is 16.8. The third-order valence-electron chi connectivity index (χ3n) is 3.47. The Morgan fingerprint density at radius 2 is 1.64 bits per heavy atom. The van der Waals surface area contributed by atoms with Crippen LogP contribution >= 0.6 is 7.60 Å². The maximum atomic E-state index is 12.7. The summed E-state index contributed by atoms with van der Waals surface area (Å²) in [6.07, 6.45) is -0.308. The molecule has 2 atom stereocenters. The van der Waals surface area contributed by atoms with Gasteiger partial charge in [-0.25, -0.2) is 0 Å². The van der Waals surface area contributed by atoms with Gasteiger partial charge in [-0.05, 0) is 0 Å². The van der Waals surface area contributed by atoms with Crippen LogP contribution in [0.3, 0.4) is 0 Å². The predicted octanol–water partition coefficient (Wildman–Crippen LogP) is 3.90. The van der Waals surface area contributed by atoms with Gasteiger partial charge in [-0.2, -0.15) is 0 Å². The van der Waals surface area contributed by atoms with Gasteiger partial charge in [0.05, 0.1) is 0 Å². The van der Waals surface area contributed by atoms with E-state index in [1.165, 1.54) is 4.46 Å². The second-order valence-electron chi connectivity index (χ2n) is 7.75. The molecule has 2 unspecified atom stereocenters. The van der Waals surface area contributed by atoms with Gasteiger partial charge in [0.15, 0.2) is 0 Å². The molecule has 1 aromatic rings. The summed E-state index contributed by atoms with van der Waals surface area (Å²) in [5, 5.41) is 0.615. The summed E-state index contributed by atoms with van der Waals surface area (Å²) in [7, 11) is -3.73. The first-order valence-electron chi connectivity index (χ1n) is 7.42. The van der Waals surface area contributed by atoms with E-state index in [0.29, 0.717) is 5.31 Å². The Morgan fingerprint density at radius 1 is 1.09 bits per heavy atom. The molecule has 0 spiro atoms. The molecule has 5 heteroatoms. The van der Waals surface area contributed by atoms with Crippen LogP contribution in [-0.4, -0.2) is 26.0 Å². The van der Waals surface area contributed by atoms with Gasteiger partial charge in [-0.15, -0.1) is 0 Å². The van der Waals surface area contributed by atoms with E-state index in [-0.39, 0.29) is 31.9 Å². The van der Waals surface area contributed by atoms with Crippen LogP contribution in [0.1, 0.15) is 41.5 Å². The fourth-order valence-corrected chi connectivity index (χ4v) is 8.81. The molecule has 0 amide bonds. The molecule has 0 radical (unpaired) electrons. The average molecular weight is 387 g/mol. The molecule has 0 saturated heterocycles. The second-order valence-corrected chi connectivity index (χ2v) is 11.8. The van der Waals surface area contributed by atoms with Crippen molar-refractivity contribution in [3.63, 3.8) is 0 Å². The van der Waals surface area contributed by atoms with Gasteiger partial charge in [-0.3, -0.25) is 0 Å². The van der Waals surface area contributed by atoms with E-state index in [2.05, 4.69) is 32.9 Å². The van der Waals surface area contributed by atoms with Crippen molar-refractivity contribution in [2.45, 2.75) is 47.6 Å². The van der Waals surface area contributed by atoms with Crippen molar-refractivity contribution < 1.29 is 14.0 Å². The van der Waals surface area contributed by atoms with Crippen LogP contribution in [0.5, 0.6) is 0 Å². The van der Waals surface area contributed by atoms with Gasteiger partial charge in [-0.1, -0.05) is 0 Å². The molecule has 0 aliphatic carbocycles. The molecule has 122 valence electrons. The van der Waals surface area contributed by atoms with Crippen LogP contribution in [0.4, 0.5) is 0 Å². The van der Waals surface area contributed by atoms with Crippen LogP contribution in [0.2, 0.25) is 0 Å². The van der Waals surface area contributed by atoms with Gasteiger partial charge >= 0.3 is 140 Å². The topological polar surface area (TPSA) is 46.5 Å². The van der Waals surface area contributed by atoms with Crippen molar-refractivity contribution in [2.75, 3.05) is 0 Å². The van der Waals surface area contributed by atoms with Crippen molar-refractivity contribution >= 4 is 27.0 Å². The summed E-state index contributed by atoms with van der Waals surface area (Å²) in [5.41, 5.74) is -0.590. The van der Waals surface area contributed by atoms with E-state index in [0.717, 1.165) is 4.47 Å². The van der Waals surface area contributed by atoms with E-state index in [9.17, 15) is 9.46 Å². The van der Waals surface area contributed by atoms with Gasteiger partial charge < -0.3 is 0 Å². The van der Waals surface area contributed by atoms with Crippen molar-refractivity contribution in [3.05, 3.63) is 40.1 Å². The van der Waals surface area contributed by atoms with Crippen molar-refractivity contribution in [1.29, 1.82) is 0 Å². The molecule has 0 saturated carbocycles. The molecule has 1 heterocycles. The first kappa shape index (κ1) is 18.0. The molecular formula is C17H25O3PSe. The Labute approximate surface area is 139 Å². The summed E-state index contributed by atoms with van der Waals surface area (Å²) < 4.78 is 20.7. The molecule has 2 rings (SSSR count). The molecule has 1 aliphatic heterocycles. The third kappa shape index (κ3) is 3.75. The summed E-state index contributed by atoms with van der Waals surface area (Å²) in [6.45, 7) is 12.1. The zero-order valence-electron chi connectivity index (χ0n) is 14.1. The quantitative estimate of drug-likeness (QED) is 0.619. The molecule has 1 aliphatic rings. The molecule has 0 fully saturated rings. The van der Waals surface area contributed by atoms with Crippen LogP contribution in [-0.2, 0) is 9.09 Å².